The van der Waals surface area contributed by atoms with Gasteiger partial charge in [-0.2, -0.15) is 0 Å². The summed E-state index contributed by atoms with van der Waals surface area (Å²) in [6.45, 7) is 0. The Morgan fingerprint density at radius 1 is 1.58 bits per heavy atom. The van der Waals surface area contributed by atoms with E-state index in [4.69, 9.17) is 5.73 Å². The van der Waals surface area contributed by atoms with Crippen molar-refractivity contribution in [1.29, 1.82) is 0 Å². The first-order valence-corrected chi connectivity index (χ1v) is 7.08. The summed E-state index contributed by atoms with van der Waals surface area (Å²) < 4.78 is 0. The fourth-order valence-corrected chi connectivity index (χ4v) is 2.31. The maximum atomic E-state index is 11.7. The zero-order valence-corrected chi connectivity index (χ0v) is 12.2. The zero-order chi connectivity index (χ0) is 13.8. The predicted molar refractivity (Wildman–Crippen MR) is 78.9 cm³/mol. The van der Waals surface area contributed by atoms with Gasteiger partial charge in [0.2, 0.25) is 0 Å². The standard InChI is InChI=1S/C13H15BrN4O/c1-16-13(19)11-12(15)17-7-10(18-11)9-4-2-3-8(5-9)6-14/h4-5,7H,2-3,6H2,1H3,(H2,15,17)(H,16,19). The topological polar surface area (TPSA) is 80.9 Å². The Balaban J connectivity index is 2.39. The van der Waals surface area contributed by atoms with Crippen molar-refractivity contribution in [2.45, 2.75) is 12.8 Å². The van der Waals surface area contributed by atoms with Gasteiger partial charge in [0.05, 0.1) is 11.9 Å². The summed E-state index contributed by atoms with van der Waals surface area (Å²) in [5.41, 5.74) is 8.80. The third-order valence-electron chi connectivity index (χ3n) is 2.90. The van der Waals surface area contributed by atoms with Crippen molar-refractivity contribution in [3.05, 3.63) is 35.3 Å². The summed E-state index contributed by atoms with van der Waals surface area (Å²) in [6, 6.07) is 0. The van der Waals surface area contributed by atoms with Crippen molar-refractivity contribution in [3.8, 4) is 0 Å². The normalized spacial score (nSPS) is 14.6. The number of allylic oxidation sites excluding steroid dienone is 4. The van der Waals surface area contributed by atoms with Crippen LogP contribution in [0.3, 0.4) is 0 Å². The van der Waals surface area contributed by atoms with Crippen molar-refractivity contribution in [1.82, 2.24) is 15.3 Å². The van der Waals surface area contributed by atoms with Crippen LogP contribution in [0.1, 0.15) is 29.0 Å². The van der Waals surface area contributed by atoms with Crippen molar-refractivity contribution in [2.75, 3.05) is 18.1 Å². The Bertz CT molecular complexity index is 566. The number of rotatable bonds is 3. The molecule has 100 valence electrons. The van der Waals surface area contributed by atoms with Gasteiger partial charge in [-0.25, -0.2) is 9.97 Å². The molecule has 1 aromatic heterocycles. The Labute approximate surface area is 120 Å². The van der Waals surface area contributed by atoms with E-state index in [0.29, 0.717) is 5.69 Å². The van der Waals surface area contributed by atoms with Crippen molar-refractivity contribution in [3.63, 3.8) is 0 Å². The largest absolute Gasteiger partial charge is 0.382 e. The van der Waals surface area contributed by atoms with Gasteiger partial charge in [-0.1, -0.05) is 33.7 Å². The van der Waals surface area contributed by atoms with Gasteiger partial charge < -0.3 is 11.1 Å². The van der Waals surface area contributed by atoms with Crippen molar-refractivity contribution >= 4 is 33.2 Å². The summed E-state index contributed by atoms with van der Waals surface area (Å²) in [7, 11) is 1.54. The van der Waals surface area contributed by atoms with Gasteiger partial charge in [0.1, 0.15) is 0 Å². The molecular formula is C13H15BrN4O. The van der Waals surface area contributed by atoms with Gasteiger partial charge in [0.15, 0.2) is 11.5 Å². The van der Waals surface area contributed by atoms with Gasteiger partial charge in [0.25, 0.3) is 5.91 Å². The smallest absolute Gasteiger partial charge is 0.273 e. The van der Waals surface area contributed by atoms with E-state index in [2.05, 4.69) is 43.4 Å². The van der Waals surface area contributed by atoms with Crippen molar-refractivity contribution < 1.29 is 4.79 Å². The van der Waals surface area contributed by atoms with Crippen LogP contribution < -0.4 is 11.1 Å². The minimum absolute atomic E-state index is 0.143. The lowest BCUT2D eigenvalue weighted by molar-refractivity contribution is 0.0958. The monoisotopic (exact) mass is 322 g/mol. The van der Waals surface area contributed by atoms with E-state index < -0.39 is 0 Å². The highest BCUT2D eigenvalue weighted by molar-refractivity contribution is 9.09. The van der Waals surface area contributed by atoms with Crippen LogP contribution in [0.25, 0.3) is 5.57 Å². The number of halogens is 1. The number of nitrogen functional groups attached to an aromatic ring is 1. The molecule has 0 atom stereocenters. The first kappa shape index (κ1) is 13.7. The Morgan fingerprint density at radius 3 is 3.05 bits per heavy atom. The number of nitrogens with one attached hydrogen (secondary N) is 1. The summed E-state index contributed by atoms with van der Waals surface area (Å²) in [6.07, 6.45) is 7.78. The number of carbonyl (C=O) groups is 1. The molecule has 1 aliphatic carbocycles. The predicted octanol–water partition coefficient (Wildman–Crippen LogP) is 1.92. The van der Waals surface area contributed by atoms with Crippen LogP contribution in [-0.4, -0.2) is 28.3 Å². The van der Waals surface area contributed by atoms with E-state index in [1.54, 1.807) is 13.2 Å². The molecule has 3 N–H and O–H groups in total. The molecule has 0 bridgehead atoms. The lowest BCUT2D eigenvalue weighted by atomic mass is 9.99. The van der Waals surface area contributed by atoms with E-state index in [1.807, 2.05) is 0 Å². The fourth-order valence-electron chi connectivity index (χ4n) is 1.87. The number of amides is 1. The highest BCUT2D eigenvalue weighted by atomic mass is 79.9. The molecule has 1 heterocycles. The first-order chi connectivity index (χ1) is 9.15. The Morgan fingerprint density at radius 2 is 2.37 bits per heavy atom. The van der Waals surface area contributed by atoms with Gasteiger partial charge >= 0.3 is 0 Å². The first-order valence-electron chi connectivity index (χ1n) is 5.96. The lowest BCUT2D eigenvalue weighted by Gasteiger charge is -2.12. The van der Waals surface area contributed by atoms with Crippen LogP contribution in [0.2, 0.25) is 0 Å². The van der Waals surface area contributed by atoms with E-state index in [9.17, 15) is 4.79 Å². The SMILES string of the molecule is CNC(=O)c1nc(C2=CCCC(CBr)=C2)cnc1N. The van der Waals surface area contributed by atoms with Crippen LogP contribution in [0.15, 0.2) is 23.9 Å². The molecule has 1 aromatic rings. The van der Waals surface area contributed by atoms with Crippen LogP contribution in [0.4, 0.5) is 5.82 Å². The molecule has 0 aliphatic heterocycles. The van der Waals surface area contributed by atoms with E-state index in [1.165, 1.54) is 5.57 Å². The molecule has 1 aliphatic rings. The van der Waals surface area contributed by atoms with E-state index >= 15 is 0 Å². The van der Waals surface area contributed by atoms with Gasteiger partial charge in [-0.15, -0.1) is 0 Å². The summed E-state index contributed by atoms with van der Waals surface area (Å²) >= 11 is 3.46. The summed E-state index contributed by atoms with van der Waals surface area (Å²) in [5.74, 6) is -0.183. The highest BCUT2D eigenvalue weighted by Gasteiger charge is 2.14. The average Bonchev–Trinajstić information content (AvgIpc) is 2.47. The number of nitrogens with two attached hydrogens (primary N) is 1. The number of nitrogens with zero attached hydrogens (tertiary/aromatic N) is 2. The molecule has 19 heavy (non-hydrogen) atoms. The number of hydrogen-bond acceptors (Lipinski definition) is 4. The molecule has 0 fully saturated rings. The Hall–Kier alpha value is -1.69. The number of carbonyl (C=O) groups excluding carboxylic acids is 1. The zero-order valence-electron chi connectivity index (χ0n) is 10.6. The minimum Gasteiger partial charge on any atom is -0.382 e. The van der Waals surface area contributed by atoms with Crippen LogP contribution in [0, 0.1) is 0 Å². The second kappa shape index (κ2) is 5.97. The van der Waals surface area contributed by atoms with E-state index in [-0.39, 0.29) is 17.4 Å². The van der Waals surface area contributed by atoms with Gasteiger partial charge in [-0.05, 0) is 18.4 Å². The number of hydrogen-bond donors (Lipinski definition) is 2. The Kier molecular flexibility index (Phi) is 4.31. The highest BCUT2D eigenvalue weighted by Crippen LogP contribution is 2.25. The lowest BCUT2D eigenvalue weighted by Crippen LogP contribution is -2.22. The third kappa shape index (κ3) is 3.01. The molecule has 6 heteroatoms. The molecule has 0 radical (unpaired) electrons. The van der Waals surface area contributed by atoms with Gasteiger partial charge in [-0.3, -0.25) is 4.79 Å². The number of alkyl halides is 1. The molecule has 0 spiro atoms. The maximum absolute atomic E-state index is 11.7. The molecule has 2 rings (SSSR count). The molecule has 0 saturated heterocycles. The van der Waals surface area contributed by atoms with Gasteiger partial charge in [0, 0.05) is 12.4 Å². The summed E-state index contributed by atoms with van der Waals surface area (Å²) in [4.78, 5) is 20.0. The molecular weight excluding hydrogens is 308 g/mol. The second-order valence-corrected chi connectivity index (χ2v) is 4.76. The van der Waals surface area contributed by atoms with Crippen LogP contribution >= 0.6 is 15.9 Å². The van der Waals surface area contributed by atoms with Crippen molar-refractivity contribution in [2.24, 2.45) is 0 Å². The fraction of sp³-hybridized carbons (Fsp3) is 0.308. The van der Waals surface area contributed by atoms with E-state index in [0.717, 1.165) is 23.7 Å². The molecule has 1 amide bonds. The number of anilines is 1. The molecule has 0 unspecified atom stereocenters. The average molecular weight is 323 g/mol. The summed E-state index contributed by atoms with van der Waals surface area (Å²) in [5, 5.41) is 3.35. The molecule has 0 saturated carbocycles. The molecule has 0 aromatic carbocycles. The second-order valence-electron chi connectivity index (χ2n) is 4.20. The van der Waals surface area contributed by atoms with Crippen LogP contribution in [0.5, 0.6) is 0 Å². The minimum atomic E-state index is -0.326. The molecule has 5 nitrogen and oxygen atoms in total. The number of aromatic nitrogens is 2. The third-order valence-corrected chi connectivity index (χ3v) is 3.62. The quantitative estimate of drug-likeness (QED) is 0.833. The maximum Gasteiger partial charge on any atom is 0.273 e. The van der Waals surface area contributed by atoms with Crippen LogP contribution in [-0.2, 0) is 0 Å².